The van der Waals surface area contributed by atoms with E-state index in [0.29, 0.717) is 36.7 Å². The van der Waals surface area contributed by atoms with Crippen molar-refractivity contribution in [2.75, 3.05) is 19.6 Å². The molecule has 2 amide bonds. The van der Waals surface area contributed by atoms with Crippen LogP contribution in [0.3, 0.4) is 0 Å². The van der Waals surface area contributed by atoms with Gasteiger partial charge in [-0.25, -0.2) is 0 Å². The molecule has 0 aliphatic heterocycles. The van der Waals surface area contributed by atoms with Crippen molar-refractivity contribution in [3.8, 4) is 0 Å². The third kappa shape index (κ3) is 4.37. The molecule has 110 valence electrons. The summed E-state index contributed by atoms with van der Waals surface area (Å²) >= 11 is 0. The smallest absolute Gasteiger partial charge is 0.253 e. The maximum atomic E-state index is 12.2. The number of hydrogen-bond donors (Lipinski definition) is 1. The van der Waals surface area contributed by atoms with Crippen molar-refractivity contribution < 1.29 is 9.59 Å². The quantitative estimate of drug-likeness (QED) is 0.868. The minimum absolute atomic E-state index is 0.0338. The largest absolute Gasteiger partial charge is 0.352 e. The SMILES string of the molecule is CCN(CC)C(=O)c1cccc(C(=O)NCC(C)C)c1. The number of nitrogens with zero attached hydrogens (tertiary/aromatic N) is 1. The molecule has 0 radical (unpaired) electrons. The molecule has 0 aromatic heterocycles. The lowest BCUT2D eigenvalue weighted by Gasteiger charge is -2.18. The Morgan fingerprint density at radius 2 is 1.75 bits per heavy atom. The minimum Gasteiger partial charge on any atom is -0.352 e. The fraction of sp³-hybridized carbons (Fsp3) is 0.500. The zero-order chi connectivity index (χ0) is 15.1. The van der Waals surface area contributed by atoms with E-state index in [1.54, 1.807) is 29.2 Å². The van der Waals surface area contributed by atoms with Gasteiger partial charge >= 0.3 is 0 Å². The number of nitrogens with one attached hydrogen (secondary N) is 1. The third-order valence-electron chi connectivity index (χ3n) is 3.09. The molecule has 4 nitrogen and oxygen atoms in total. The monoisotopic (exact) mass is 276 g/mol. The molecule has 0 aliphatic rings. The highest BCUT2D eigenvalue weighted by Gasteiger charge is 2.14. The van der Waals surface area contributed by atoms with Gasteiger partial charge in [0.2, 0.25) is 0 Å². The minimum atomic E-state index is -0.132. The molecule has 1 rings (SSSR count). The highest BCUT2D eigenvalue weighted by atomic mass is 16.2. The first-order valence-electron chi connectivity index (χ1n) is 7.17. The average Bonchev–Trinajstić information content (AvgIpc) is 2.46. The number of carbonyl (C=O) groups is 2. The van der Waals surface area contributed by atoms with Crippen molar-refractivity contribution in [3.63, 3.8) is 0 Å². The first-order chi connectivity index (χ1) is 9.49. The lowest BCUT2D eigenvalue weighted by atomic mass is 10.1. The molecule has 1 aromatic rings. The van der Waals surface area contributed by atoms with Gasteiger partial charge in [-0.2, -0.15) is 0 Å². The summed E-state index contributed by atoms with van der Waals surface area (Å²) in [6, 6.07) is 6.89. The number of rotatable bonds is 6. The Morgan fingerprint density at radius 1 is 1.15 bits per heavy atom. The van der Waals surface area contributed by atoms with Crippen LogP contribution >= 0.6 is 0 Å². The van der Waals surface area contributed by atoms with Crippen LogP contribution in [-0.4, -0.2) is 36.3 Å². The van der Waals surface area contributed by atoms with Crippen LogP contribution in [0.5, 0.6) is 0 Å². The van der Waals surface area contributed by atoms with E-state index in [1.807, 2.05) is 27.7 Å². The molecule has 1 aromatic carbocycles. The first kappa shape index (κ1) is 16.2. The van der Waals surface area contributed by atoms with E-state index in [1.165, 1.54) is 0 Å². The van der Waals surface area contributed by atoms with Crippen LogP contribution in [0, 0.1) is 5.92 Å². The Kier molecular flexibility index (Phi) is 6.22. The summed E-state index contributed by atoms with van der Waals surface area (Å²) in [7, 11) is 0. The third-order valence-corrected chi connectivity index (χ3v) is 3.09. The van der Waals surface area contributed by atoms with E-state index in [-0.39, 0.29) is 11.8 Å². The standard InChI is InChI=1S/C16H24N2O2/c1-5-18(6-2)16(20)14-9-7-8-13(10-14)15(19)17-11-12(3)4/h7-10,12H,5-6,11H2,1-4H3,(H,17,19). The molecule has 0 saturated heterocycles. The lowest BCUT2D eigenvalue weighted by Crippen LogP contribution is -2.31. The summed E-state index contributed by atoms with van der Waals surface area (Å²) < 4.78 is 0. The van der Waals surface area contributed by atoms with Crippen LogP contribution in [-0.2, 0) is 0 Å². The first-order valence-corrected chi connectivity index (χ1v) is 7.17. The van der Waals surface area contributed by atoms with Crippen LogP contribution in [0.25, 0.3) is 0 Å². The molecule has 1 N–H and O–H groups in total. The summed E-state index contributed by atoms with van der Waals surface area (Å²) in [6.07, 6.45) is 0. The summed E-state index contributed by atoms with van der Waals surface area (Å²) in [5.74, 6) is 0.237. The summed E-state index contributed by atoms with van der Waals surface area (Å²) in [4.78, 5) is 26.0. The molecule has 0 saturated carbocycles. The predicted octanol–water partition coefficient (Wildman–Crippen LogP) is 2.55. The van der Waals surface area contributed by atoms with Gasteiger partial charge in [-0.1, -0.05) is 19.9 Å². The van der Waals surface area contributed by atoms with E-state index < -0.39 is 0 Å². The van der Waals surface area contributed by atoms with Crippen molar-refractivity contribution in [2.24, 2.45) is 5.92 Å². The van der Waals surface area contributed by atoms with Crippen LogP contribution < -0.4 is 5.32 Å². The number of hydrogen-bond acceptors (Lipinski definition) is 2. The molecule has 20 heavy (non-hydrogen) atoms. The summed E-state index contributed by atoms with van der Waals surface area (Å²) in [5.41, 5.74) is 1.09. The van der Waals surface area contributed by atoms with Gasteiger partial charge in [0.1, 0.15) is 0 Å². The van der Waals surface area contributed by atoms with Gasteiger partial charge in [0.25, 0.3) is 11.8 Å². The van der Waals surface area contributed by atoms with E-state index in [9.17, 15) is 9.59 Å². The van der Waals surface area contributed by atoms with Gasteiger partial charge in [0.15, 0.2) is 0 Å². The van der Waals surface area contributed by atoms with E-state index in [0.717, 1.165) is 0 Å². The van der Waals surface area contributed by atoms with Gasteiger partial charge in [0, 0.05) is 30.8 Å². The molecule has 4 heteroatoms. The topological polar surface area (TPSA) is 49.4 Å². The Hall–Kier alpha value is -1.84. The van der Waals surface area contributed by atoms with Gasteiger partial charge in [0.05, 0.1) is 0 Å². The maximum absolute atomic E-state index is 12.2. The molecule has 0 fully saturated rings. The molecular weight excluding hydrogens is 252 g/mol. The Labute approximate surface area is 121 Å². The van der Waals surface area contributed by atoms with Crippen molar-refractivity contribution >= 4 is 11.8 Å². The van der Waals surface area contributed by atoms with Crippen LogP contribution in [0.1, 0.15) is 48.4 Å². The van der Waals surface area contributed by atoms with Crippen molar-refractivity contribution in [3.05, 3.63) is 35.4 Å². The van der Waals surface area contributed by atoms with Gasteiger partial charge in [-0.05, 0) is 38.0 Å². The fourth-order valence-electron chi connectivity index (χ4n) is 1.89. The normalized spacial score (nSPS) is 10.4. The number of amides is 2. The van der Waals surface area contributed by atoms with E-state index in [2.05, 4.69) is 5.32 Å². The van der Waals surface area contributed by atoms with Crippen LogP contribution in [0.4, 0.5) is 0 Å². The van der Waals surface area contributed by atoms with E-state index >= 15 is 0 Å². The van der Waals surface area contributed by atoms with E-state index in [4.69, 9.17) is 0 Å². The van der Waals surface area contributed by atoms with Gasteiger partial charge < -0.3 is 10.2 Å². The zero-order valence-corrected chi connectivity index (χ0v) is 12.8. The van der Waals surface area contributed by atoms with Crippen LogP contribution in [0.15, 0.2) is 24.3 Å². The number of carbonyl (C=O) groups excluding carboxylic acids is 2. The Balaban J connectivity index is 2.85. The maximum Gasteiger partial charge on any atom is 0.253 e. The van der Waals surface area contributed by atoms with Crippen molar-refractivity contribution in [1.82, 2.24) is 10.2 Å². The molecule has 0 bridgehead atoms. The Morgan fingerprint density at radius 3 is 2.30 bits per heavy atom. The van der Waals surface area contributed by atoms with Crippen LogP contribution in [0.2, 0.25) is 0 Å². The van der Waals surface area contributed by atoms with Crippen molar-refractivity contribution in [1.29, 1.82) is 0 Å². The zero-order valence-electron chi connectivity index (χ0n) is 12.8. The van der Waals surface area contributed by atoms with Crippen molar-refractivity contribution in [2.45, 2.75) is 27.7 Å². The molecule has 0 unspecified atom stereocenters. The van der Waals surface area contributed by atoms with Gasteiger partial charge in [-0.15, -0.1) is 0 Å². The summed E-state index contributed by atoms with van der Waals surface area (Å²) in [6.45, 7) is 9.94. The highest BCUT2D eigenvalue weighted by molar-refractivity contribution is 5.99. The second kappa shape index (κ2) is 7.68. The highest BCUT2D eigenvalue weighted by Crippen LogP contribution is 2.09. The van der Waals surface area contributed by atoms with Gasteiger partial charge in [-0.3, -0.25) is 9.59 Å². The lowest BCUT2D eigenvalue weighted by molar-refractivity contribution is 0.0773. The fourth-order valence-corrected chi connectivity index (χ4v) is 1.89. The molecule has 0 atom stereocenters. The average molecular weight is 276 g/mol. The second-order valence-electron chi connectivity index (χ2n) is 5.16. The predicted molar refractivity (Wildman–Crippen MR) is 80.9 cm³/mol. The second-order valence-corrected chi connectivity index (χ2v) is 5.16. The molecule has 0 aliphatic carbocycles. The molecule has 0 spiro atoms. The molecule has 0 heterocycles. The summed E-state index contributed by atoms with van der Waals surface area (Å²) in [5, 5.41) is 2.86. The number of benzene rings is 1. The Bertz CT molecular complexity index is 465. The molecular formula is C16H24N2O2.